The van der Waals surface area contributed by atoms with E-state index in [4.69, 9.17) is 5.11 Å². The molecule has 2 rings (SSSR count). The smallest absolute Gasteiger partial charge is 0.240 e. The molecule has 0 radical (unpaired) electrons. The zero-order valence-corrected chi connectivity index (χ0v) is 11.9. The van der Waals surface area contributed by atoms with Crippen LogP contribution in [0.5, 0.6) is 0 Å². The van der Waals surface area contributed by atoms with Gasteiger partial charge in [0.25, 0.3) is 0 Å². The molecule has 6 heteroatoms. The SMILES string of the molecule is CNS(=O)(=O)c1ccc(N2CCC(CCO)C2)cc1. The van der Waals surface area contributed by atoms with Crippen LogP contribution in [0.4, 0.5) is 5.69 Å². The van der Waals surface area contributed by atoms with Crippen LogP contribution in [0.25, 0.3) is 0 Å². The number of rotatable bonds is 5. The van der Waals surface area contributed by atoms with Gasteiger partial charge in [0.15, 0.2) is 0 Å². The summed E-state index contributed by atoms with van der Waals surface area (Å²) in [5.41, 5.74) is 1.04. The van der Waals surface area contributed by atoms with E-state index < -0.39 is 10.0 Å². The molecular weight excluding hydrogens is 264 g/mol. The van der Waals surface area contributed by atoms with E-state index in [1.807, 2.05) is 12.1 Å². The highest BCUT2D eigenvalue weighted by Gasteiger charge is 2.22. The predicted molar refractivity (Wildman–Crippen MR) is 74.7 cm³/mol. The summed E-state index contributed by atoms with van der Waals surface area (Å²) in [6.45, 7) is 2.12. The third kappa shape index (κ3) is 3.26. The van der Waals surface area contributed by atoms with E-state index in [0.29, 0.717) is 5.92 Å². The van der Waals surface area contributed by atoms with E-state index in [-0.39, 0.29) is 11.5 Å². The van der Waals surface area contributed by atoms with Gasteiger partial charge in [0.05, 0.1) is 4.90 Å². The third-order valence-electron chi connectivity index (χ3n) is 3.60. The van der Waals surface area contributed by atoms with Crippen molar-refractivity contribution in [3.8, 4) is 0 Å². The van der Waals surface area contributed by atoms with Crippen LogP contribution in [0.1, 0.15) is 12.8 Å². The van der Waals surface area contributed by atoms with Gasteiger partial charge in [-0.15, -0.1) is 0 Å². The lowest BCUT2D eigenvalue weighted by atomic mass is 10.1. The number of sulfonamides is 1. The van der Waals surface area contributed by atoms with Crippen molar-refractivity contribution in [2.45, 2.75) is 17.7 Å². The number of anilines is 1. The zero-order valence-electron chi connectivity index (χ0n) is 11.0. The summed E-state index contributed by atoms with van der Waals surface area (Å²) >= 11 is 0. The highest BCUT2D eigenvalue weighted by atomic mass is 32.2. The highest BCUT2D eigenvalue weighted by molar-refractivity contribution is 7.89. The molecule has 0 saturated carbocycles. The zero-order chi connectivity index (χ0) is 13.9. The summed E-state index contributed by atoms with van der Waals surface area (Å²) in [7, 11) is -1.95. The summed E-state index contributed by atoms with van der Waals surface area (Å²) in [6.07, 6.45) is 1.92. The number of nitrogens with one attached hydrogen (secondary N) is 1. The van der Waals surface area contributed by atoms with Gasteiger partial charge in [-0.1, -0.05) is 0 Å². The molecular formula is C13H20N2O3S. The van der Waals surface area contributed by atoms with Crippen molar-refractivity contribution < 1.29 is 13.5 Å². The Kier molecular flexibility index (Phi) is 4.44. The van der Waals surface area contributed by atoms with Crippen molar-refractivity contribution in [3.05, 3.63) is 24.3 Å². The number of hydrogen-bond acceptors (Lipinski definition) is 4. The summed E-state index contributed by atoms with van der Waals surface area (Å²) in [6, 6.07) is 6.93. The second-order valence-corrected chi connectivity index (χ2v) is 6.70. The molecule has 106 valence electrons. The minimum Gasteiger partial charge on any atom is -0.396 e. The topological polar surface area (TPSA) is 69.6 Å². The molecule has 1 aliphatic heterocycles. The summed E-state index contributed by atoms with van der Waals surface area (Å²) in [5.74, 6) is 0.533. The lowest BCUT2D eigenvalue weighted by Crippen LogP contribution is -2.21. The van der Waals surface area contributed by atoms with Gasteiger partial charge in [-0.05, 0) is 50.1 Å². The van der Waals surface area contributed by atoms with Crippen molar-refractivity contribution in [2.24, 2.45) is 5.92 Å². The molecule has 1 aromatic carbocycles. The first-order chi connectivity index (χ1) is 9.06. The second kappa shape index (κ2) is 5.90. The van der Waals surface area contributed by atoms with Crippen LogP contribution < -0.4 is 9.62 Å². The maximum Gasteiger partial charge on any atom is 0.240 e. The fraction of sp³-hybridized carbons (Fsp3) is 0.538. The number of aliphatic hydroxyl groups is 1. The molecule has 1 unspecified atom stereocenters. The van der Waals surface area contributed by atoms with Gasteiger partial charge in [0.2, 0.25) is 10.0 Å². The predicted octanol–water partition coefficient (Wildman–Crippen LogP) is 0.803. The Morgan fingerprint density at radius 1 is 1.37 bits per heavy atom. The van der Waals surface area contributed by atoms with Crippen molar-refractivity contribution >= 4 is 15.7 Å². The molecule has 0 aromatic heterocycles. The average molecular weight is 284 g/mol. The average Bonchev–Trinajstić information content (AvgIpc) is 2.88. The van der Waals surface area contributed by atoms with Crippen LogP contribution in [0.15, 0.2) is 29.2 Å². The van der Waals surface area contributed by atoms with Crippen LogP contribution in [-0.4, -0.2) is 40.3 Å². The maximum absolute atomic E-state index is 11.6. The van der Waals surface area contributed by atoms with Gasteiger partial charge >= 0.3 is 0 Å². The van der Waals surface area contributed by atoms with Crippen molar-refractivity contribution in [2.75, 3.05) is 31.6 Å². The van der Waals surface area contributed by atoms with Crippen LogP contribution in [0.2, 0.25) is 0 Å². The second-order valence-electron chi connectivity index (χ2n) is 4.81. The quantitative estimate of drug-likeness (QED) is 0.839. The monoisotopic (exact) mass is 284 g/mol. The highest BCUT2D eigenvalue weighted by Crippen LogP contribution is 2.26. The van der Waals surface area contributed by atoms with E-state index in [2.05, 4.69) is 9.62 Å². The molecule has 1 heterocycles. The van der Waals surface area contributed by atoms with Gasteiger partial charge < -0.3 is 10.0 Å². The molecule has 1 atom stereocenters. The number of hydrogen-bond donors (Lipinski definition) is 2. The first-order valence-electron chi connectivity index (χ1n) is 6.46. The molecule has 1 aromatic rings. The van der Waals surface area contributed by atoms with Gasteiger partial charge in [-0.3, -0.25) is 0 Å². The molecule has 0 spiro atoms. The first-order valence-corrected chi connectivity index (χ1v) is 7.94. The molecule has 19 heavy (non-hydrogen) atoms. The molecule has 1 aliphatic rings. The summed E-state index contributed by atoms with van der Waals surface area (Å²) < 4.78 is 25.5. The van der Waals surface area contributed by atoms with Gasteiger partial charge in [-0.25, -0.2) is 13.1 Å². The molecule has 1 fully saturated rings. The van der Waals surface area contributed by atoms with Crippen molar-refractivity contribution in [1.29, 1.82) is 0 Å². The van der Waals surface area contributed by atoms with Crippen molar-refractivity contribution in [3.63, 3.8) is 0 Å². The van der Waals surface area contributed by atoms with E-state index >= 15 is 0 Å². The Labute approximate surface area is 114 Å². The summed E-state index contributed by atoms with van der Waals surface area (Å²) in [5, 5.41) is 8.94. The maximum atomic E-state index is 11.6. The Balaban J connectivity index is 2.08. The third-order valence-corrected chi connectivity index (χ3v) is 5.03. The normalized spacial score (nSPS) is 19.9. The van der Waals surface area contributed by atoms with Crippen LogP contribution in [-0.2, 0) is 10.0 Å². The molecule has 0 amide bonds. The first kappa shape index (κ1) is 14.3. The van der Waals surface area contributed by atoms with Crippen LogP contribution >= 0.6 is 0 Å². The standard InChI is InChI=1S/C13H20N2O3S/c1-14-19(17,18)13-4-2-12(3-5-13)15-8-6-11(10-15)7-9-16/h2-5,11,14,16H,6-10H2,1H3. The lowest BCUT2D eigenvalue weighted by Gasteiger charge is -2.19. The Bertz CT molecular complexity index is 513. The Hall–Kier alpha value is -1.11. The Morgan fingerprint density at radius 2 is 2.05 bits per heavy atom. The number of aliphatic hydroxyl groups excluding tert-OH is 1. The Morgan fingerprint density at radius 3 is 2.63 bits per heavy atom. The van der Waals surface area contributed by atoms with Crippen LogP contribution in [0.3, 0.4) is 0 Å². The van der Waals surface area contributed by atoms with Gasteiger partial charge in [-0.2, -0.15) is 0 Å². The van der Waals surface area contributed by atoms with Crippen molar-refractivity contribution in [1.82, 2.24) is 4.72 Å². The molecule has 1 saturated heterocycles. The molecule has 0 aliphatic carbocycles. The molecule has 0 bridgehead atoms. The minimum atomic E-state index is -3.36. The minimum absolute atomic E-state index is 0.234. The fourth-order valence-electron chi connectivity index (χ4n) is 2.44. The fourth-order valence-corrected chi connectivity index (χ4v) is 3.17. The van der Waals surface area contributed by atoms with E-state index in [9.17, 15) is 8.42 Å². The van der Waals surface area contributed by atoms with E-state index in [1.54, 1.807) is 12.1 Å². The summed E-state index contributed by atoms with van der Waals surface area (Å²) in [4.78, 5) is 2.51. The van der Waals surface area contributed by atoms with Crippen LogP contribution in [0, 0.1) is 5.92 Å². The number of benzene rings is 1. The lowest BCUT2D eigenvalue weighted by molar-refractivity contribution is 0.263. The van der Waals surface area contributed by atoms with E-state index in [1.165, 1.54) is 7.05 Å². The largest absolute Gasteiger partial charge is 0.396 e. The van der Waals surface area contributed by atoms with E-state index in [0.717, 1.165) is 31.6 Å². The van der Waals surface area contributed by atoms with Gasteiger partial charge in [0.1, 0.15) is 0 Å². The van der Waals surface area contributed by atoms with Gasteiger partial charge in [0, 0.05) is 25.4 Å². The number of nitrogens with zero attached hydrogens (tertiary/aromatic N) is 1. The molecule has 5 nitrogen and oxygen atoms in total. The molecule has 2 N–H and O–H groups in total.